The van der Waals surface area contributed by atoms with E-state index < -0.39 is 33.9 Å². The van der Waals surface area contributed by atoms with E-state index in [4.69, 9.17) is 28.4 Å². The molecule has 10 atom stereocenters. The van der Waals surface area contributed by atoms with Crippen molar-refractivity contribution in [1.29, 1.82) is 0 Å². The Morgan fingerprint density at radius 3 is 2.63 bits per heavy atom. The van der Waals surface area contributed by atoms with Gasteiger partial charge in [0, 0.05) is 23.5 Å². The minimum atomic E-state index is -0.762. The average Bonchev–Trinajstić information content (AvgIpc) is 3.50. The zero-order valence-corrected chi connectivity index (χ0v) is 17.4. The summed E-state index contributed by atoms with van der Waals surface area (Å²) in [4.78, 5) is 24.5. The van der Waals surface area contributed by atoms with Crippen LogP contribution in [-0.4, -0.2) is 71.5 Å². The highest BCUT2D eigenvalue weighted by Gasteiger charge is 3.07. The fourth-order valence-corrected chi connectivity index (χ4v) is 8.44. The number of hydrogen-bond donors (Lipinski definition) is 0. The maximum absolute atomic E-state index is 12.3. The molecular formula is C22H24O8. The van der Waals surface area contributed by atoms with Crippen LogP contribution >= 0.6 is 0 Å². The highest BCUT2D eigenvalue weighted by Crippen LogP contribution is 2.87. The summed E-state index contributed by atoms with van der Waals surface area (Å²) in [5.74, 6) is -0.413. The topological polar surface area (TPSA) is 103 Å². The first kappa shape index (κ1) is 17.1. The molecule has 0 bridgehead atoms. The predicted molar refractivity (Wildman–Crippen MR) is 96.1 cm³/mol. The lowest BCUT2D eigenvalue weighted by Crippen LogP contribution is -2.72. The van der Waals surface area contributed by atoms with E-state index >= 15 is 0 Å². The van der Waals surface area contributed by atoms with Gasteiger partial charge in [0.25, 0.3) is 0 Å². The number of esters is 2. The molecule has 0 amide bonds. The lowest BCUT2D eigenvalue weighted by atomic mass is 9.46. The van der Waals surface area contributed by atoms with E-state index in [0.717, 1.165) is 17.6 Å². The maximum atomic E-state index is 12.3. The first-order chi connectivity index (χ1) is 14.2. The molecule has 5 aliphatic heterocycles. The SMILES string of the molecule is CC(=O)O[C@@H]1[C@@]2(C(C)C)O[C@H]2[C@@H]2O[C@]23[C@]12O[C@H]2[C@@H]1O[C@@]12C1=C(CC[C@]32C)C(=O)OC1. The van der Waals surface area contributed by atoms with Crippen LogP contribution in [0.4, 0.5) is 0 Å². The van der Waals surface area contributed by atoms with Gasteiger partial charge in [0.05, 0.1) is 0 Å². The predicted octanol–water partition coefficient (Wildman–Crippen LogP) is 0.805. The molecule has 3 spiro atoms. The number of epoxide rings is 4. The summed E-state index contributed by atoms with van der Waals surface area (Å²) in [6.07, 6.45) is 0.160. The second kappa shape index (κ2) is 4.25. The Hall–Kier alpha value is -1.48. The number of fused-ring (bicyclic) bond motifs is 3. The van der Waals surface area contributed by atoms with Crippen LogP contribution in [0.2, 0.25) is 0 Å². The van der Waals surface area contributed by atoms with Crippen molar-refractivity contribution < 1.29 is 38.0 Å². The molecule has 8 heteroatoms. The van der Waals surface area contributed by atoms with Gasteiger partial charge in [-0.1, -0.05) is 20.8 Å². The summed E-state index contributed by atoms with van der Waals surface area (Å²) in [6.45, 7) is 8.12. The highest BCUT2D eigenvalue weighted by molar-refractivity contribution is 5.93. The second-order valence-electron chi connectivity index (χ2n) is 10.8. The van der Waals surface area contributed by atoms with E-state index in [1.54, 1.807) is 0 Å². The summed E-state index contributed by atoms with van der Waals surface area (Å²) in [5, 5.41) is 0. The Labute approximate surface area is 173 Å². The van der Waals surface area contributed by atoms with Crippen molar-refractivity contribution in [2.24, 2.45) is 11.3 Å². The highest BCUT2D eigenvalue weighted by atomic mass is 16.8. The molecule has 4 saturated heterocycles. The molecular weight excluding hydrogens is 392 g/mol. The Bertz CT molecular complexity index is 1020. The second-order valence-corrected chi connectivity index (χ2v) is 10.8. The van der Waals surface area contributed by atoms with Gasteiger partial charge < -0.3 is 28.4 Å². The third-order valence-corrected chi connectivity index (χ3v) is 9.76. The standard InChI is InChI=1S/C22H24O8/c1-8(2)19-12(27-19)15-22(30-15)18(4)6-5-10-11(7-25-16(10)24)20(18)13(28-20)14-21(22,29-14)17(19)26-9(3)23/h8,12-15,17H,5-7H2,1-4H3/t12-,13-,14-,15-,17+,18-,19-,20-,21+,22+/m0/s1. The fraction of sp³-hybridized carbons (Fsp3) is 0.818. The Balaban J connectivity index is 1.33. The van der Waals surface area contributed by atoms with Crippen molar-refractivity contribution in [2.75, 3.05) is 6.61 Å². The Morgan fingerprint density at radius 1 is 1.10 bits per heavy atom. The van der Waals surface area contributed by atoms with Gasteiger partial charge in [-0.05, 0) is 18.8 Å². The molecule has 3 aliphatic carbocycles. The van der Waals surface area contributed by atoms with Crippen LogP contribution in [0.1, 0.15) is 40.5 Å². The molecule has 8 nitrogen and oxygen atoms in total. The number of rotatable bonds is 2. The molecule has 2 saturated carbocycles. The molecule has 160 valence electrons. The van der Waals surface area contributed by atoms with Crippen LogP contribution in [-0.2, 0) is 38.0 Å². The van der Waals surface area contributed by atoms with E-state index in [1.807, 2.05) is 0 Å². The summed E-state index contributed by atoms with van der Waals surface area (Å²) in [7, 11) is 0. The third kappa shape index (κ3) is 1.27. The van der Waals surface area contributed by atoms with Gasteiger partial charge in [-0.2, -0.15) is 0 Å². The molecule has 0 radical (unpaired) electrons. The lowest BCUT2D eigenvalue weighted by molar-refractivity contribution is -0.166. The van der Waals surface area contributed by atoms with Crippen molar-refractivity contribution in [3.05, 3.63) is 11.1 Å². The third-order valence-electron chi connectivity index (χ3n) is 9.76. The lowest BCUT2D eigenvalue weighted by Gasteiger charge is -2.52. The van der Waals surface area contributed by atoms with E-state index in [2.05, 4.69) is 20.8 Å². The molecule has 8 aliphatic rings. The molecule has 30 heavy (non-hydrogen) atoms. The minimum Gasteiger partial charge on any atom is -0.458 e. The van der Waals surface area contributed by atoms with Crippen LogP contribution in [0.15, 0.2) is 11.1 Å². The van der Waals surface area contributed by atoms with Crippen molar-refractivity contribution in [3.8, 4) is 0 Å². The first-order valence-corrected chi connectivity index (χ1v) is 11.0. The quantitative estimate of drug-likeness (QED) is 0.481. The van der Waals surface area contributed by atoms with Crippen molar-refractivity contribution >= 4 is 11.9 Å². The minimum absolute atomic E-state index is 0.121. The van der Waals surface area contributed by atoms with Gasteiger partial charge in [0.1, 0.15) is 47.8 Å². The van der Waals surface area contributed by atoms with Gasteiger partial charge >= 0.3 is 11.9 Å². The monoisotopic (exact) mass is 416 g/mol. The van der Waals surface area contributed by atoms with Crippen LogP contribution in [0.25, 0.3) is 0 Å². The normalized spacial score (nSPS) is 62.0. The number of carbonyl (C=O) groups excluding carboxylic acids is 2. The van der Waals surface area contributed by atoms with Crippen molar-refractivity contribution in [2.45, 2.75) is 93.5 Å². The molecule has 0 aromatic heterocycles. The number of ether oxygens (including phenoxy) is 6. The summed E-state index contributed by atoms with van der Waals surface area (Å²) >= 11 is 0. The average molecular weight is 416 g/mol. The molecule has 0 aromatic rings. The van der Waals surface area contributed by atoms with Crippen LogP contribution in [0, 0.1) is 11.3 Å². The Morgan fingerprint density at radius 2 is 1.90 bits per heavy atom. The van der Waals surface area contributed by atoms with Crippen LogP contribution in [0.5, 0.6) is 0 Å². The summed E-state index contributed by atoms with van der Waals surface area (Å²) in [5.41, 5.74) is -1.27. The van der Waals surface area contributed by atoms with Crippen molar-refractivity contribution in [3.63, 3.8) is 0 Å². The number of carbonyl (C=O) groups is 2. The van der Waals surface area contributed by atoms with Gasteiger partial charge in [-0.3, -0.25) is 4.79 Å². The molecule has 6 fully saturated rings. The van der Waals surface area contributed by atoms with E-state index in [1.165, 1.54) is 6.92 Å². The molecule has 0 aromatic carbocycles. The fourth-order valence-electron chi connectivity index (χ4n) is 8.44. The van der Waals surface area contributed by atoms with Crippen LogP contribution < -0.4 is 0 Å². The largest absolute Gasteiger partial charge is 0.458 e. The molecule has 8 rings (SSSR count). The summed E-state index contributed by atoms with van der Waals surface area (Å²) in [6, 6.07) is 0. The Kier molecular flexibility index (Phi) is 2.42. The van der Waals surface area contributed by atoms with E-state index in [-0.39, 0.29) is 48.9 Å². The van der Waals surface area contributed by atoms with Crippen LogP contribution in [0.3, 0.4) is 0 Å². The van der Waals surface area contributed by atoms with E-state index in [0.29, 0.717) is 6.42 Å². The zero-order valence-electron chi connectivity index (χ0n) is 17.4. The van der Waals surface area contributed by atoms with Gasteiger partial charge in [-0.25, -0.2) is 4.79 Å². The number of hydrogen-bond acceptors (Lipinski definition) is 8. The van der Waals surface area contributed by atoms with E-state index in [9.17, 15) is 9.59 Å². The van der Waals surface area contributed by atoms with Gasteiger partial charge in [-0.15, -0.1) is 0 Å². The van der Waals surface area contributed by atoms with Crippen molar-refractivity contribution in [1.82, 2.24) is 0 Å². The van der Waals surface area contributed by atoms with Gasteiger partial charge in [0.15, 0.2) is 11.7 Å². The number of cyclic esters (lactones) is 1. The zero-order chi connectivity index (χ0) is 20.6. The first-order valence-electron chi connectivity index (χ1n) is 11.0. The van der Waals surface area contributed by atoms with Gasteiger partial charge in [0.2, 0.25) is 0 Å². The molecule has 0 N–H and O–H groups in total. The molecule has 5 heterocycles. The maximum Gasteiger partial charge on any atom is 0.334 e. The smallest absolute Gasteiger partial charge is 0.334 e. The molecule has 0 unspecified atom stereocenters. The summed E-state index contributed by atoms with van der Waals surface area (Å²) < 4.78 is 37.4.